The van der Waals surface area contributed by atoms with Gasteiger partial charge >= 0.3 is 0 Å². The molecule has 17 heavy (non-hydrogen) atoms. The Bertz CT molecular complexity index is 258. The van der Waals surface area contributed by atoms with E-state index in [4.69, 9.17) is 10.8 Å². The number of hydrogen-bond donors (Lipinski definition) is 3. The van der Waals surface area contributed by atoms with Crippen molar-refractivity contribution in [2.75, 3.05) is 13.2 Å². The van der Waals surface area contributed by atoms with Gasteiger partial charge in [-0.05, 0) is 12.8 Å². The van der Waals surface area contributed by atoms with Crippen LogP contribution >= 0.6 is 0 Å². The van der Waals surface area contributed by atoms with Crippen LogP contribution in [-0.4, -0.2) is 29.7 Å². The lowest BCUT2D eigenvalue weighted by molar-refractivity contribution is -0.123. The predicted octanol–water partition coefficient (Wildman–Crippen LogP) is 1.17. The quantitative estimate of drug-likeness (QED) is 0.677. The van der Waals surface area contributed by atoms with E-state index in [2.05, 4.69) is 5.32 Å². The minimum atomic E-state index is -0.300. The molecule has 0 aromatic rings. The number of amides is 1. The molecule has 0 aromatic carbocycles. The Morgan fingerprint density at radius 2 is 1.94 bits per heavy atom. The van der Waals surface area contributed by atoms with Gasteiger partial charge in [-0.1, -0.05) is 33.1 Å². The average molecular weight is 242 g/mol. The Hall–Kier alpha value is -0.610. The van der Waals surface area contributed by atoms with Crippen LogP contribution in [-0.2, 0) is 4.79 Å². The van der Waals surface area contributed by atoms with Gasteiger partial charge in [-0.15, -0.1) is 0 Å². The number of rotatable bonds is 5. The van der Waals surface area contributed by atoms with E-state index in [0.717, 1.165) is 25.7 Å². The van der Waals surface area contributed by atoms with Gasteiger partial charge in [0.05, 0.1) is 0 Å². The molecule has 1 rings (SSSR count). The van der Waals surface area contributed by atoms with Crippen molar-refractivity contribution in [2.45, 2.75) is 57.9 Å². The lowest BCUT2D eigenvalue weighted by Crippen LogP contribution is -2.47. The summed E-state index contributed by atoms with van der Waals surface area (Å²) in [5.41, 5.74) is 5.66. The molecule has 0 unspecified atom stereocenters. The molecule has 100 valence electrons. The highest BCUT2D eigenvalue weighted by atomic mass is 16.3. The predicted molar refractivity (Wildman–Crippen MR) is 68.5 cm³/mol. The zero-order valence-electron chi connectivity index (χ0n) is 11.1. The molecule has 0 spiro atoms. The van der Waals surface area contributed by atoms with Gasteiger partial charge in [0.1, 0.15) is 0 Å². The van der Waals surface area contributed by atoms with Crippen molar-refractivity contribution in [3.63, 3.8) is 0 Å². The van der Waals surface area contributed by atoms with Crippen LogP contribution in [0.15, 0.2) is 0 Å². The molecule has 0 bridgehead atoms. The zero-order valence-corrected chi connectivity index (χ0v) is 11.1. The van der Waals surface area contributed by atoms with Crippen LogP contribution < -0.4 is 11.1 Å². The van der Waals surface area contributed by atoms with Gasteiger partial charge in [-0.25, -0.2) is 0 Å². The fourth-order valence-corrected chi connectivity index (χ4v) is 2.21. The summed E-state index contributed by atoms with van der Waals surface area (Å²) in [4.78, 5) is 11.8. The summed E-state index contributed by atoms with van der Waals surface area (Å²) >= 11 is 0. The summed E-state index contributed by atoms with van der Waals surface area (Å²) in [6, 6.07) is 0. The monoisotopic (exact) mass is 242 g/mol. The van der Waals surface area contributed by atoms with Crippen LogP contribution in [0, 0.1) is 5.41 Å². The van der Waals surface area contributed by atoms with E-state index in [1.54, 1.807) is 0 Å². The number of carbonyl (C=O) groups excluding carboxylic acids is 1. The van der Waals surface area contributed by atoms with Crippen LogP contribution in [0.1, 0.15) is 52.4 Å². The van der Waals surface area contributed by atoms with Crippen molar-refractivity contribution in [3.05, 3.63) is 0 Å². The van der Waals surface area contributed by atoms with E-state index >= 15 is 0 Å². The fraction of sp³-hybridized carbons (Fsp3) is 0.923. The first-order valence-electron chi connectivity index (χ1n) is 6.53. The largest absolute Gasteiger partial charge is 0.396 e. The first kappa shape index (κ1) is 14.5. The Labute approximate surface area is 104 Å². The maximum atomic E-state index is 11.8. The second kappa shape index (κ2) is 5.83. The molecule has 0 aliphatic heterocycles. The lowest BCUT2D eigenvalue weighted by Gasteiger charge is -2.33. The topological polar surface area (TPSA) is 75.3 Å². The van der Waals surface area contributed by atoms with E-state index in [1.165, 1.54) is 6.42 Å². The summed E-state index contributed by atoms with van der Waals surface area (Å²) < 4.78 is 0. The summed E-state index contributed by atoms with van der Waals surface area (Å²) in [7, 11) is 0. The highest BCUT2D eigenvalue weighted by molar-refractivity contribution is 5.77. The normalized spacial score (nSPS) is 20.0. The third-order valence-corrected chi connectivity index (χ3v) is 3.55. The number of nitrogens with two attached hydrogens (primary N) is 1. The van der Waals surface area contributed by atoms with Crippen LogP contribution in [0.3, 0.4) is 0 Å². The molecule has 1 saturated carbocycles. The molecule has 0 heterocycles. The molecule has 1 aliphatic rings. The smallest absolute Gasteiger partial charge is 0.221 e. The summed E-state index contributed by atoms with van der Waals surface area (Å²) in [5, 5.41) is 12.0. The van der Waals surface area contributed by atoms with Crippen molar-refractivity contribution in [3.8, 4) is 0 Å². The van der Waals surface area contributed by atoms with Gasteiger partial charge in [0, 0.05) is 30.5 Å². The molecule has 0 radical (unpaired) electrons. The minimum absolute atomic E-state index is 0.0101. The number of hydrogen-bond acceptors (Lipinski definition) is 3. The fourth-order valence-electron chi connectivity index (χ4n) is 2.21. The standard InChI is InChI=1S/C13H26N2O2/c1-12(2,10-16)9-15-11(17)8-13(14)6-4-3-5-7-13/h16H,3-10,14H2,1-2H3,(H,15,17). The van der Waals surface area contributed by atoms with Gasteiger partial charge in [-0.2, -0.15) is 0 Å². The van der Waals surface area contributed by atoms with Crippen molar-refractivity contribution < 1.29 is 9.90 Å². The van der Waals surface area contributed by atoms with Crippen molar-refractivity contribution >= 4 is 5.91 Å². The summed E-state index contributed by atoms with van der Waals surface area (Å²) in [6.45, 7) is 4.41. The van der Waals surface area contributed by atoms with E-state index in [0.29, 0.717) is 13.0 Å². The molecule has 0 aromatic heterocycles. The molecule has 0 atom stereocenters. The van der Waals surface area contributed by atoms with E-state index in [-0.39, 0.29) is 23.5 Å². The zero-order chi connectivity index (χ0) is 12.9. The van der Waals surface area contributed by atoms with Gasteiger partial charge in [0.25, 0.3) is 0 Å². The van der Waals surface area contributed by atoms with E-state index < -0.39 is 0 Å². The number of carbonyl (C=O) groups is 1. The van der Waals surface area contributed by atoms with E-state index in [1.807, 2.05) is 13.8 Å². The Morgan fingerprint density at radius 1 is 1.35 bits per heavy atom. The second-order valence-corrected chi connectivity index (χ2v) is 6.20. The van der Waals surface area contributed by atoms with Crippen molar-refractivity contribution in [2.24, 2.45) is 11.1 Å². The molecule has 1 amide bonds. The summed E-state index contributed by atoms with van der Waals surface area (Å²) in [6.07, 6.45) is 5.80. The minimum Gasteiger partial charge on any atom is -0.396 e. The first-order chi connectivity index (χ1) is 7.87. The highest BCUT2D eigenvalue weighted by Gasteiger charge is 2.30. The molecular weight excluding hydrogens is 216 g/mol. The van der Waals surface area contributed by atoms with Crippen LogP contribution in [0.2, 0.25) is 0 Å². The first-order valence-corrected chi connectivity index (χ1v) is 6.53. The maximum absolute atomic E-state index is 11.8. The van der Waals surface area contributed by atoms with Crippen LogP contribution in [0.4, 0.5) is 0 Å². The summed E-state index contributed by atoms with van der Waals surface area (Å²) in [5.74, 6) is 0.0101. The van der Waals surface area contributed by atoms with Gasteiger partial charge in [0.2, 0.25) is 5.91 Å². The molecule has 0 saturated heterocycles. The van der Waals surface area contributed by atoms with Gasteiger partial charge < -0.3 is 16.2 Å². The molecule has 4 nitrogen and oxygen atoms in total. The van der Waals surface area contributed by atoms with Gasteiger partial charge in [-0.3, -0.25) is 4.79 Å². The van der Waals surface area contributed by atoms with Crippen molar-refractivity contribution in [1.29, 1.82) is 0 Å². The SMILES string of the molecule is CC(C)(CO)CNC(=O)CC1(N)CCCCC1. The molecule has 1 fully saturated rings. The Morgan fingerprint density at radius 3 is 2.47 bits per heavy atom. The Kier molecular flexibility index (Phi) is 4.95. The molecule has 4 heteroatoms. The third-order valence-electron chi connectivity index (χ3n) is 3.55. The van der Waals surface area contributed by atoms with Crippen molar-refractivity contribution in [1.82, 2.24) is 5.32 Å². The Balaban J connectivity index is 2.33. The lowest BCUT2D eigenvalue weighted by atomic mass is 9.80. The number of aliphatic hydroxyl groups excluding tert-OH is 1. The highest BCUT2D eigenvalue weighted by Crippen LogP contribution is 2.28. The number of aliphatic hydroxyl groups is 1. The maximum Gasteiger partial charge on any atom is 0.221 e. The van der Waals surface area contributed by atoms with E-state index in [9.17, 15) is 4.79 Å². The average Bonchev–Trinajstić information content (AvgIpc) is 2.27. The third kappa shape index (κ3) is 5.04. The number of nitrogens with one attached hydrogen (secondary N) is 1. The molecule has 4 N–H and O–H groups in total. The molecular formula is C13H26N2O2. The molecule has 1 aliphatic carbocycles. The second-order valence-electron chi connectivity index (χ2n) is 6.20. The van der Waals surface area contributed by atoms with Gasteiger partial charge in [0.15, 0.2) is 0 Å². The van der Waals surface area contributed by atoms with Crippen LogP contribution in [0.5, 0.6) is 0 Å². The van der Waals surface area contributed by atoms with Crippen LogP contribution in [0.25, 0.3) is 0 Å².